The number of hydrogen-bond acceptors (Lipinski definition) is 3. The summed E-state index contributed by atoms with van der Waals surface area (Å²) in [6.45, 7) is 19.3. The fourth-order valence-corrected chi connectivity index (χ4v) is 3.33. The van der Waals surface area contributed by atoms with Gasteiger partial charge in [-0.3, -0.25) is 0 Å². The van der Waals surface area contributed by atoms with Crippen molar-refractivity contribution in [2.45, 2.75) is 71.1 Å². The van der Waals surface area contributed by atoms with Crippen molar-refractivity contribution >= 4 is 14.2 Å². The van der Waals surface area contributed by atoms with Gasteiger partial charge in [-0.05, 0) is 41.2 Å². The van der Waals surface area contributed by atoms with Crippen molar-refractivity contribution in [3.05, 3.63) is 35.4 Å². The molecule has 0 fully saturated rings. The molecular weight excluding hydrogens is 314 g/mol. The van der Waals surface area contributed by atoms with Crippen LogP contribution in [-0.2, 0) is 14.6 Å². The Bertz CT molecular complexity index is 592. The minimum absolute atomic E-state index is 0.108. The highest BCUT2D eigenvalue weighted by Crippen LogP contribution is 2.36. The van der Waals surface area contributed by atoms with Crippen LogP contribution in [0, 0.1) is 0 Å². The molecule has 1 aromatic carbocycles. The third kappa shape index (κ3) is 4.48. The summed E-state index contributed by atoms with van der Waals surface area (Å²) in [6, 6.07) is 8.66. The zero-order valence-electron chi connectivity index (χ0n) is 16.6. The van der Waals surface area contributed by atoms with E-state index in [-0.39, 0.29) is 16.5 Å². The molecule has 134 valence electrons. The SMILES string of the molecule is CC(C)(C)c1ccc(C2=NC(CO[Si](C)(C)C(C)(C)C)CO2)cc1. The molecular formula is C20H33NO2Si. The molecule has 0 saturated carbocycles. The van der Waals surface area contributed by atoms with E-state index in [4.69, 9.17) is 14.2 Å². The fraction of sp³-hybridized carbons (Fsp3) is 0.650. The van der Waals surface area contributed by atoms with E-state index in [0.717, 1.165) is 11.5 Å². The average Bonchev–Trinajstić information content (AvgIpc) is 2.92. The summed E-state index contributed by atoms with van der Waals surface area (Å²) < 4.78 is 12.1. The lowest BCUT2D eigenvalue weighted by molar-refractivity contribution is 0.228. The highest BCUT2D eigenvalue weighted by Gasteiger charge is 2.38. The molecule has 0 aliphatic carbocycles. The molecule has 1 aliphatic rings. The molecule has 0 spiro atoms. The Balaban J connectivity index is 2.01. The Morgan fingerprint density at radius 1 is 1.08 bits per heavy atom. The van der Waals surface area contributed by atoms with Gasteiger partial charge in [0.1, 0.15) is 12.6 Å². The number of nitrogens with zero attached hydrogens (tertiary/aromatic N) is 1. The number of aliphatic imine (C=N–C) groups is 1. The topological polar surface area (TPSA) is 30.8 Å². The van der Waals surface area contributed by atoms with Crippen LogP contribution in [0.1, 0.15) is 52.7 Å². The summed E-state index contributed by atoms with van der Waals surface area (Å²) in [4.78, 5) is 4.73. The number of benzene rings is 1. The maximum Gasteiger partial charge on any atom is 0.216 e. The van der Waals surface area contributed by atoms with E-state index in [1.807, 2.05) is 0 Å². The predicted octanol–water partition coefficient (Wildman–Crippen LogP) is 5.15. The maximum absolute atomic E-state index is 6.28. The molecule has 0 radical (unpaired) electrons. The van der Waals surface area contributed by atoms with Crippen molar-refractivity contribution in [1.29, 1.82) is 0 Å². The van der Waals surface area contributed by atoms with Crippen LogP contribution in [0.15, 0.2) is 29.3 Å². The number of hydrogen-bond donors (Lipinski definition) is 0. The van der Waals surface area contributed by atoms with Crippen molar-refractivity contribution in [1.82, 2.24) is 0 Å². The van der Waals surface area contributed by atoms with Gasteiger partial charge in [-0.1, -0.05) is 53.7 Å². The Morgan fingerprint density at radius 3 is 2.17 bits per heavy atom. The maximum atomic E-state index is 6.28. The van der Waals surface area contributed by atoms with E-state index in [9.17, 15) is 0 Å². The van der Waals surface area contributed by atoms with E-state index < -0.39 is 8.32 Å². The Labute approximate surface area is 148 Å². The van der Waals surface area contributed by atoms with Gasteiger partial charge in [0.25, 0.3) is 0 Å². The van der Waals surface area contributed by atoms with E-state index in [1.54, 1.807) is 0 Å². The van der Waals surface area contributed by atoms with E-state index in [2.05, 4.69) is 78.9 Å². The molecule has 1 heterocycles. The third-order valence-corrected chi connectivity index (χ3v) is 9.65. The molecule has 0 amide bonds. The first-order valence-corrected chi connectivity index (χ1v) is 11.8. The van der Waals surface area contributed by atoms with Gasteiger partial charge in [0.2, 0.25) is 5.90 Å². The van der Waals surface area contributed by atoms with Crippen LogP contribution in [0.5, 0.6) is 0 Å². The average molecular weight is 348 g/mol. The lowest BCUT2D eigenvalue weighted by Crippen LogP contribution is -2.42. The van der Waals surface area contributed by atoms with Gasteiger partial charge in [0.05, 0.1) is 6.61 Å². The Morgan fingerprint density at radius 2 is 1.67 bits per heavy atom. The molecule has 0 bridgehead atoms. The number of ether oxygens (including phenoxy) is 1. The first-order chi connectivity index (χ1) is 10.9. The number of rotatable bonds is 4. The van der Waals surface area contributed by atoms with Gasteiger partial charge in [-0.2, -0.15) is 0 Å². The zero-order valence-corrected chi connectivity index (χ0v) is 17.6. The lowest BCUT2D eigenvalue weighted by atomic mass is 9.87. The van der Waals surface area contributed by atoms with Crippen molar-refractivity contribution in [2.24, 2.45) is 4.99 Å². The van der Waals surface area contributed by atoms with Crippen molar-refractivity contribution in [2.75, 3.05) is 13.2 Å². The third-order valence-electron chi connectivity index (χ3n) is 5.15. The van der Waals surface area contributed by atoms with Crippen LogP contribution in [0.2, 0.25) is 18.1 Å². The first kappa shape index (κ1) is 19.2. The zero-order chi connectivity index (χ0) is 18.2. The lowest BCUT2D eigenvalue weighted by Gasteiger charge is -2.36. The second-order valence-corrected chi connectivity index (χ2v) is 14.1. The largest absolute Gasteiger partial charge is 0.475 e. The van der Waals surface area contributed by atoms with Crippen LogP contribution in [0.3, 0.4) is 0 Å². The van der Waals surface area contributed by atoms with E-state index >= 15 is 0 Å². The second kappa shape index (κ2) is 6.64. The van der Waals surface area contributed by atoms with Crippen LogP contribution in [-0.4, -0.2) is 33.5 Å². The molecule has 0 N–H and O–H groups in total. The Kier molecular flexibility index (Phi) is 5.31. The summed E-state index contributed by atoms with van der Waals surface area (Å²) >= 11 is 0. The van der Waals surface area contributed by atoms with Crippen LogP contribution in [0.25, 0.3) is 0 Å². The second-order valence-electron chi connectivity index (χ2n) is 9.30. The van der Waals surface area contributed by atoms with Crippen molar-refractivity contribution in [3.63, 3.8) is 0 Å². The molecule has 24 heavy (non-hydrogen) atoms. The van der Waals surface area contributed by atoms with Crippen molar-refractivity contribution in [3.8, 4) is 0 Å². The molecule has 1 unspecified atom stereocenters. The van der Waals surface area contributed by atoms with E-state index in [0.29, 0.717) is 13.2 Å². The quantitative estimate of drug-likeness (QED) is 0.705. The predicted molar refractivity (Wildman–Crippen MR) is 105 cm³/mol. The smallest absolute Gasteiger partial charge is 0.216 e. The highest BCUT2D eigenvalue weighted by atomic mass is 28.4. The minimum Gasteiger partial charge on any atom is -0.475 e. The summed E-state index contributed by atoms with van der Waals surface area (Å²) in [5.41, 5.74) is 2.54. The van der Waals surface area contributed by atoms with Crippen LogP contribution >= 0.6 is 0 Å². The monoisotopic (exact) mass is 347 g/mol. The van der Waals surface area contributed by atoms with Gasteiger partial charge in [-0.15, -0.1) is 0 Å². The fourth-order valence-electron chi connectivity index (χ4n) is 2.29. The first-order valence-electron chi connectivity index (χ1n) is 8.86. The summed E-state index contributed by atoms with van der Waals surface area (Å²) in [7, 11) is -1.73. The summed E-state index contributed by atoms with van der Waals surface area (Å²) in [5, 5.41) is 0.224. The summed E-state index contributed by atoms with van der Waals surface area (Å²) in [5.74, 6) is 0.749. The molecule has 0 aromatic heterocycles. The minimum atomic E-state index is -1.73. The molecule has 1 aliphatic heterocycles. The molecule has 1 aromatic rings. The van der Waals surface area contributed by atoms with Gasteiger partial charge in [0.15, 0.2) is 8.32 Å². The van der Waals surface area contributed by atoms with Gasteiger partial charge < -0.3 is 9.16 Å². The Hall–Kier alpha value is -1.13. The summed E-state index contributed by atoms with van der Waals surface area (Å²) in [6.07, 6.45) is 0. The van der Waals surface area contributed by atoms with Gasteiger partial charge in [0, 0.05) is 5.56 Å². The molecule has 2 rings (SSSR count). The molecule has 4 heteroatoms. The van der Waals surface area contributed by atoms with E-state index in [1.165, 1.54) is 5.56 Å². The molecule has 0 saturated heterocycles. The molecule has 3 nitrogen and oxygen atoms in total. The molecule has 1 atom stereocenters. The van der Waals surface area contributed by atoms with Crippen molar-refractivity contribution < 1.29 is 9.16 Å². The standard InChI is InChI=1S/C20H33NO2Si/c1-19(2,3)16-11-9-15(10-12-16)18-21-17(13-22-18)14-23-24(7,8)20(4,5)6/h9-12,17H,13-14H2,1-8H3. The van der Waals surface area contributed by atoms with Crippen LogP contribution < -0.4 is 0 Å². The van der Waals surface area contributed by atoms with Gasteiger partial charge >= 0.3 is 0 Å². The normalized spacial score (nSPS) is 19.2. The highest BCUT2D eigenvalue weighted by molar-refractivity contribution is 6.74. The van der Waals surface area contributed by atoms with Crippen LogP contribution in [0.4, 0.5) is 0 Å². The van der Waals surface area contributed by atoms with Gasteiger partial charge in [-0.25, -0.2) is 4.99 Å².